The molecule has 1 aliphatic carbocycles. The van der Waals surface area contributed by atoms with Crippen LogP contribution in [0.5, 0.6) is 0 Å². The second kappa shape index (κ2) is 7.09. The lowest BCUT2D eigenvalue weighted by molar-refractivity contribution is -0.147. The maximum atomic E-state index is 12.3. The number of carbonyl (C=O) groups is 3. The predicted octanol–water partition coefficient (Wildman–Crippen LogP) is 1.89. The Hall–Kier alpha value is -2.63. The van der Waals surface area contributed by atoms with Crippen LogP contribution in [-0.2, 0) is 9.59 Å². The average Bonchev–Trinajstić information content (AvgIpc) is 2.55. The van der Waals surface area contributed by atoms with Crippen LogP contribution in [0.3, 0.4) is 0 Å². The number of hydrazine groups is 1. The van der Waals surface area contributed by atoms with E-state index in [1.807, 2.05) is 13.8 Å². The second-order valence-electron chi connectivity index (χ2n) is 5.83. The van der Waals surface area contributed by atoms with Gasteiger partial charge in [0.15, 0.2) is 0 Å². The normalized spacial score (nSPS) is 20.8. The zero-order valence-corrected chi connectivity index (χ0v) is 13.1. The molecule has 0 aromatic heterocycles. The maximum absolute atomic E-state index is 12.3. The molecule has 0 radical (unpaired) electrons. The van der Waals surface area contributed by atoms with Crippen LogP contribution in [0.25, 0.3) is 0 Å². The van der Waals surface area contributed by atoms with E-state index in [0.29, 0.717) is 18.4 Å². The van der Waals surface area contributed by atoms with Crippen LogP contribution in [-0.4, -0.2) is 22.9 Å². The molecule has 23 heavy (non-hydrogen) atoms. The zero-order valence-electron chi connectivity index (χ0n) is 13.1. The molecule has 0 heterocycles. The molecule has 1 aromatic carbocycles. The van der Waals surface area contributed by atoms with Crippen LogP contribution in [0, 0.1) is 11.8 Å². The summed E-state index contributed by atoms with van der Waals surface area (Å²) in [7, 11) is 0. The number of carboxylic acids is 1. The van der Waals surface area contributed by atoms with Gasteiger partial charge in [-0.1, -0.05) is 29.3 Å². The average molecular weight is 316 g/mol. The van der Waals surface area contributed by atoms with E-state index in [4.69, 9.17) is 0 Å². The summed E-state index contributed by atoms with van der Waals surface area (Å²) in [6.07, 6.45) is 0.738. The van der Waals surface area contributed by atoms with Gasteiger partial charge in [-0.25, -0.2) is 0 Å². The molecular formula is C17H20N2O4. The highest BCUT2D eigenvalue weighted by Gasteiger charge is 2.37. The first-order chi connectivity index (χ1) is 10.9. The van der Waals surface area contributed by atoms with Gasteiger partial charge in [0.2, 0.25) is 5.91 Å². The molecule has 6 heteroatoms. The molecule has 2 rings (SSSR count). The van der Waals surface area contributed by atoms with Crippen molar-refractivity contribution < 1.29 is 19.5 Å². The highest BCUT2D eigenvalue weighted by atomic mass is 16.4. The van der Waals surface area contributed by atoms with Crippen LogP contribution in [0.2, 0.25) is 0 Å². The van der Waals surface area contributed by atoms with Crippen LogP contribution >= 0.6 is 0 Å². The van der Waals surface area contributed by atoms with Crippen molar-refractivity contribution >= 4 is 17.8 Å². The van der Waals surface area contributed by atoms with Crippen LogP contribution in [0.15, 0.2) is 41.5 Å². The van der Waals surface area contributed by atoms with Gasteiger partial charge in [0, 0.05) is 5.56 Å². The molecule has 2 amide bonds. The number of carboxylic acid groups (broad SMARTS) is 1. The topological polar surface area (TPSA) is 95.5 Å². The van der Waals surface area contributed by atoms with Crippen molar-refractivity contribution in [2.75, 3.05) is 0 Å². The molecule has 1 aromatic rings. The molecule has 0 saturated heterocycles. The third-order valence-electron chi connectivity index (χ3n) is 4.26. The molecule has 6 nitrogen and oxygen atoms in total. The molecule has 0 aliphatic heterocycles. The van der Waals surface area contributed by atoms with Crippen LogP contribution in [0.4, 0.5) is 0 Å². The summed E-state index contributed by atoms with van der Waals surface area (Å²) in [5.41, 5.74) is 7.13. The van der Waals surface area contributed by atoms with Crippen LogP contribution in [0.1, 0.15) is 37.0 Å². The van der Waals surface area contributed by atoms with Crippen LogP contribution < -0.4 is 10.9 Å². The van der Waals surface area contributed by atoms with E-state index in [1.54, 1.807) is 30.3 Å². The quantitative estimate of drug-likeness (QED) is 0.586. The van der Waals surface area contributed by atoms with Gasteiger partial charge in [-0.2, -0.15) is 0 Å². The van der Waals surface area contributed by atoms with Gasteiger partial charge in [0.25, 0.3) is 5.91 Å². The molecule has 122 valence electrons. The van der Waals surface area contributed by atoms with Gasteiger partial charge in [0.1, 0.15) is 0 Å². The Morgan fingerprint density at radius 1 is 0.957 bits per heavy atom. The van der Waals surface area contributed by atoms with Crippen molar-refractivity contribution in [2.24, 2.45) is 11.8 Å². The number of amides is 2. The first-order valence-corrected chi connectivity index (χ1v) is 7.43. The summed E-state index contributed by atoms with van der Waals surface area (Å²) < 4.78 is 0. The Balaban J connectivity index is 2.02. The SMILES string of the molecule is CC1=C(C)C[C@@H](C(=O)NNC(=O)c2ccccc2)[C@@H](C(=O)O)C1. The summed E-state index contributed by atoms with van der Waals surface area (Å²) in [4.78, 5) is 35.6. The largest absolute Gasteiger partial charge is 0.481 e. The molecule has 0 fully saturated rings. The summed E-state index contributed by atoms with van der Waals surface area (Å²) in [5, 5.41) is 9.33. The molecule has 0 bridgehead atoms. The fraction of sp³-hybridized carbons (Fsp3) is 0.353. The fourth-order valence-electron chi connectivity index (χ4n) is 2.70. The summed E-state index contributed by atoms with van der Waals surface area (Å²) in [6, 6.07) is 8.47. The van der Waals surface area contributed by atoms with Gasteiger partial charge in [-0.3, -0.25) is 25.2 Å². The molecule has 1 aliphatic rings. The van der Waals surface area contributed by atoms with Gasteiger partial charge >= 0.3 is 5.97 Å². The summed E-state index contributed by atoms with van der Waals surface area (Å²) in [6.45, 7) is 3.78. The number of hydrogen-bond acceptors (Lipinski definition) is 3. The standard InChI is InChI=1S/C17H20N2O4/c1-10-8-13(14(17(22)23)9-11(10)2)16(21)19-18-15(20)12-6-4-3-5-7-12/h3-7,13-14H,8-9H2,1-2H3,(H,18,20)(H,19,21)(H,22,23)/t13-,14+/m1/s1. The lowest BCUT2D eigenvalue weighted by Gasteiger charge is -2.29. The van der Waals surface area contributed by atoms with E-state index in [1.165, 1.54) is 0 Å². The molecule has 0 spiro atoms. The monoisotopic (exact) mass is 316 g/mol. The van der Waals surface area contributed by atoms with E-state index >= 15 is 0 Å². The Bertz CT molecular complexity index is 652. The summed E-state index contributed by atoms with van der Waals surface area (Å²) in [5.74, 6) is -3.37. The van der Waals surface area contributed by atoms with Gasteiger partial charge < -0.3 is 5.11 Å². The minimum Gasteiger partial charge on any atom is -0.481 e. The van der Waals surface area contributed by atoms with Crippen molar-refractivity contribution in [1.29, 1.82) is 0 Å². The number of nitrogens with one attached hydrogen (secondary N) is 2. The predicted molar refractivity (Wildman–Crippen MR) is 84.3 cm³/mol. The number of hydrogen-bond donors (Lipinski definition) is 3. The highest BCUT2D eigenvalue weighted by molar-refractivity contribution is 5.96. The van der Waals surface area contributed by atoms with Gasteiger partial charge in [0.05, 0.1) is 11.8 Å². The van der Waals surface area contributed by atoms with Crippen molar-refractivity contribution in [2.45, 2.75) is 26.7 Å². The Kier molecular flexibility index (Phi) is 5.16. The zero-order chi connectivity index (χ0) is 17.0. The maximum Gasteiger partial charge on any atom is 0.307 e. The fourth-order valence-corrected chi connectivity index (χ4v) is 2.70. The van der Waals surface area contributed by atoms with Crippen molar-refractivity contribution in [3.63, 3.8) is 0 Å². The van der Waals surface area contributed by atoms with Crippen molar-refractivity contribution in [3.05, 3.63) is 47.0 Å². The number of carbonyl (C=O) groups excluding carboxylic acids is 2. The van der Waals surface area contributed by atoms with E-state index in [-0.39, 0.29) is 0 Å². The van der Waals surface area contributed by atoms with Gasteiger partial charge in [-0.15, -0.1) is 0 Å². The highest BCUT2D eigenvalue weighted by Crippen LogP contribution is 2.34. The molecule has 2 atom stereocenters. The molecular weight excluding hydrogens is 296 g/mol. The first-order valence-electron chi connectivity index (χ1n) is 7.43. The number of benzene rings is 1. The van der Waals surface area contributed by atoms with Gasteiger partial charge in [-0.05, 0) is 38.8 Å². The third-order valence-corrected chi connectivity index (χ3v) is 4.26. The first kappa shape index (κ1) is 16.7. The Labute approximate surface area is 134 Å². The minimum atomic E-state index is -0.994. The Morgan fingerprint density at radius 3 is 2.09 bits per heavy atom. The van der Waals surface area contributed by atoms with Crippen molar-refractivity contribution in [3.8, 4) is 0 Å². The number of aliphatic carboxylic acids is 1. The second-order valence-corrected chi connectivity index (χ2v) is 5.83. The van der Waals surface area contributed by atoms with Crippen molar-refractivity contribution in [1.82, 2.24) is 10.9 Å². The Morgan fingerprint density at radius 2 is 1.52 bits per heavy atom. The lowest BCUT2D eigenvalue weighted by Crippen LogP contribution is -2.48. The number of allylic oxidation sites excluding steroid dienone is 2. The molecule has 3 N–H and O–H groups in total. The molecule has 0 unspecified atom stereocenters. The minimum absolute atomic E-state index is 0.353. The van der Waals surface area contributed by atoms with E-state index in [9.17, 15) is 19.5 Å². The van der Waals surface area contributed by atoms with E-state index < -0.39 is 29.6 Å². The molecule has 0 saturated carbocycles. The summed E-state index contributed by atoms with van der Waals surface area (Å²) >= 11 is 0. The smallest absolute Gasteiger partial charge is 0.307 e. The third kappa shape index (κ3) is 3.97. The lowest BCUT2D eigenvalue weighted by atomic mass is 9.76. The van der Waals surface area contributed by atoms with E-state index in [2.05, 4.69) is 10.9 Å². The van der Waals surface area contributed by atoms with E-state index in [0.717, 1.165) is 11.1 Å². The number of rotatable bonds is 3.